The van der Waals surface area contributed by atoms with Gasteiger partial charge in [-0.25, -0.2) is 18.5 Å². The summed E-state index contributed by atoms with van der Waals surface area (Å²) in [7, 11) is 3.77. The summed E-state index contributed by atoms with van der Waals surface area (Å²) >= 11 is 0. The number of halogens is 2. The molecule has 6 rings (SSSR count). The van der Waals surface area contributed by atoms with Crippen LogP contribution < -0.4 is 15.4 Å². The summed E-state index contributed by atoms with van der Waals surface area (Å²) in [5.74, 6) is -2.46. The summed E-state index contributed by atoms with van der Waals surface area (Å²) in [6.07, 6.45) is -0.998. The second-order valence-corrected chi connectivity index (χ2v) is 10.9. The molecule has 0 spiro atoms. The van der Waals surface area contributed by atoms with E-state index in [-0.39, 0.29) is 34.5 Å². The normalized spacial score (nSPS) is 17.7. The van der Waals surface area contributed by atoms with E-state index in [4.69, 9.17) is 4.74 Å². The van der Waals surface area contributed by atoms with Crippen molar-refractivity contribution in [2.45, 2.75) is 38.7 Å². The highest BCUT2D eigenvalue weighted by Gasteiger charge is 2.35. The average molecular weight is 585 g/mol. The Morgan fingerprint density at radius 2 is 1.86 bits per heavy atom. The van der Waals surface area contributed by atoms with Gasteiger partial charge in [0.2, 0.25) is 12.0 Å². The number of rotatable bonds is 6. The minimum absolute atomic E-state index is 0.0111. The Morgan fingerprint density at radius 1 is 1.07 bits per heavy atom. The van der Waals surface area contributed by atoms with Crippen LogP contribution in [0.2, 0.25) is 0 Å². The predicted molar refractivity (Wildman–Crippen MR) is 158 cm³/mol. The lowest BCUT2D eigenvalue weighted by Gasteiger charge is -2.22. The first-order valence-electron chi connectivity index (χ1n) is 13.9. The molecule has 2 atom stereocenters. The largest absolute Gasteiger partial charge is 0.474 e. The summed E-state index contributed by atoms with van der Waals surface area (Å²) in [5, 5.41) is 9.81. The zero-order valence-electron chi connectivity index (χ0n) is 23.9. The lowest BCUT2D eigenvalue weighted by Crippen LogP contribution is -2.42. The number of para-hydroxylation sites is 1. The molecule has 9 nitrogen and oxygen atoms in total. The van der Waals surface area contributed by atoms with E-state index in [2.05, 4.69) is 20.7 Å². The van der Waals surface area contributed by atoms with E-state index in [1.807, 2.05) is 32.0 Å². The minimum Gasteiger partial charge on any atom is -0.474 e. The van der Waals surface area contributed by atoms with Crippen molar-refractivity contribution in [2.75, 3.05) is 19.4 Å². The van der Waals surface area contributed by atoms with Gasteiger partial charge in [-0.2, -0.15) is 5.10 Å². The van der Waals surface area contributed by atoms with Crippen LogP contribution in [0.25, 0.3) is 11.3 Å². The number of benzene rings is 3. The Labute approximate surface area is 247 Å². The van der Waals surface area contributed by atoms with E-state index in [9.17, 15) is 14.0 Å². The highest BCUT2D eigenvalue weighted by atomic mass is 19.1. The van der Waals surface area contributed by atoms with Crippen molar-refractivity contribution in [3.63, 3.8) is 0 Å². The number of hydrogen-bond acceptors (Lipinski definition) is 6. The van der Waals surface area contributed by atoms with Crippen molar-refractivity contribution in [1.82, 2.24) is 20.0 Å². The molecule has 3 aromatic carbocycles. The molecule has 0 bridgehead atoms. The number of carbonyl (C=O) groups excluding carboxylic acids is 2. The highest BCUT2D eigenvalue weighted by Crippen LogP contribution is 2.36. The monoisotopic (exact) mass is 584 g/mol. The summed E-state index contributed by atoms with van der Waals surface area (Å²) in [4.78, 5) is 33.9. The fourth-order valence-corrected chi connectivity index (χ4v) is 5.30. The number of benzodiazepines with no additional fused rings is 1. The molecule has 2 aliphatic heterocycles. The molecular formula is C32H30F2N6O3. The van der Waals surface area contributed by atoms with Crippen molar-refractivity contribution in [1.29, 1.82) is 0 Å². The van der Waals surface area contributed by atoms with Crippen molar-refractivity contribution < 1.29 is 23.1 Å². The van der Waals surface area contributed by atoms with Crippen molar-refractivity contribution in [3.05, 3.63) is 101 Å². The van der Waals surface area contributed by atoms with Crippen LogP contribution in [0.4, 0.5) is 14.5 Å². The molecule has 2 aliphatic rings. The molecule has 2 N–H and O–H groups in total. The first-order valence-corrected chi connectivity index (χ1v) is 13.9. The topological polar surface area (TPSA) is 101 Å². The number of carbonyl (C=O) groups is 2. The Kier molecular flexibility index (Phi) is 7.49. The smallest absolute Gasteiger partial charge is 0.269 e. The fraction of sp³-hybridized carbons (Fsp3) is 0.250. The van der Waals surface area contributed by atoms with Gasteiger partial charge in [-0.1, -0.05) is 48.5 Å². The van der Waals surface area contributed by atoms with Gasteiger partial charge in [0, 0.05) is 36.2 Å². The van der Waals surface area contributed by atoms with Crippen LogP contribution in [-0.2, 0) is 17.9 Å². The quantitative estimate of drug-likeness (QED) is 0.345. The van der Waals surface area contributed by atoms with Gasteiger partial charge in [0.1, 0.15) is 22.9 Å². The number of aliphatic imine (C=N–C) groups is 1. The lowest BCUT2D eigenvalue weighted by molar-refractivity contribution is -0.117. The van der Waals surface area contributed by atoms with Gasteiger partial charge in [-0.15, -0.1) is 0 Å². The van der Waals surface area contributed by atoms with Crippen molar-refractivity contribution in [3.8, 4) is 17.1 Å². The molecule has 1 aromatic heterocycles. The van der Waals surface area contributed by atoms with E-state index >= 15 is 4.39 Å². The molecule has 220 valence electrons. The number of fused-ring (bicyclic) bond motifs is 2. The van der Waals surface area contributed by atoms with Crippen LogP contribution >= 0.6 is 0 Å². The van der Waals surface area contributed by atoms with Gasteiger partial charge in [0.05, 0.1) is 17.5 Å². The fourth-order valence-electron chi connectivity index (χ4n) is 5.30. The average Bonchev–Trinajstić information content (AvgIpc) is 3.27. The lowest BCUT2D eigenvalue weighted by atomic mass is 10.0. The van der Waals surface area contributed by atoms with Gasteiger partial charge >= 0.3 is 0 Å². The highest BCUT2D eigenvalue weighted by molar-refractivity contribution is 6.20. The molecule has 0 radical (unpaired) electrons. The molecular weight excluding hydrogens is 554 g/mol. The maximum absolute atomic E-state index is 15.5. The van der Waals surface area contributed by atoms with Crippen LogP contribution in [0.1, 0.15) is 40.4 Å². The van der Waals surface area contributed by atoms with E-state index in [0.29, 0.717) is 36.3 Å². The van der Waals surface area contributed by atoms with E-state index in [1.54, 1.807) is 42.5 Å². The number of aromatic nitrogens is 2. The van der Waals surface area contributed by atoms with E-state index in [1.165, 1.54) is 22.9 Å². The van der Waals surface area contributed by atoms with Gasteiger partial charge in [-0.3, -0.25) is 9.59 Å². The summed E-state index contributed by atoms with van der Waals surface area (Å²) < 4.78 is 38.0. The Bertz CT molecular complexity index is 1750. The van der Waals surface area contributed by atoms with Crippen molar-refractivity contribution in [2.24, 2.45) is 4.99 Å². The first kappa shape index (κ1) is 28.2. The Hall–Kier alpha value is -4.90. The van der Waals surface area contributed by atoms with Gasteiger partial charge in [0.15, 0.2) is 0 Å². The zero-order valence-corrected chi connectivity index (χ0v) is 23.9. The Balaban J connectivity index is 1.42. The molecule has 0 saturated heterocycles. The number of amides is 2. The van der Waals surface area contributed by atoms with Crippen molar-refractivity contribution >= 4 is 23.2 Å². The number of ether oxygens (including phenoxy) is 1. The van der Waals surface area contributed by atoms with Crippen LogP contribution in [-0.4, -0.2) is 58.6 Å². The molecule has 0 saturated carbocycles. The summed E-state index contributed by atoms with van der Waals surface area (Å²) in [6, 6.07) is 18.2. The number of anilines is 1. The second-order valence-electron chi connectivity index (χ2n) is 10.9. The zero-order chi connectivity index (χ0) is 30.2. The van der Waals surface area contributed by atoms with Gasteiger partial charge in [0.25, 0.3) is 11.8 Å². The molecule has 0 unspecified atom stereocenters. The van der Waals surface area contributed by atoms with Gasteiger partial charge < -0.3 is 20.3 Å². The molecule has 43 heavy (non-hydrogen) atoms. The third-order valence-corrected chi connectivity index (χ3v) is 7.32. The van der Waals surface area contributed by atoms with Crippen LogP contribution in [0.3, 0.4) is 0 Å². The second kappa shape index (κ2) is 11.4. The number of nitrogens with zero attached hydrogens (tertiary/aromatic N) is 4. The molecule has 11 heteroatoms. The molecule has 2 amide bonds. The molecule has 0 fully saturated rings. The van der Waals surface area contributed by atoms with E-state index < -0.39 is 29.6 Å². The Morgan fingerprint density at radius 3 is 2.60 bits per heavy atom. The predicted octanol–water partition coefficient (Wildman–Crippen LogP) is 4.61. The summed E-state index contributed by atoms with van der Waals surface area (Å²) in [6.45, 7) is 2.87. The van der Waals surface area contributed by atoms with Crippen LogP contribution in [0, 0.1) is 11.6 Å². The van der Waals surface area contributed by atoms with Gasteiger partial charge in [-0.05, 0) is 44.8 Å². The molecule has 0 aliphatic carbocycles. The molecule has 4 aromatic rings. The number of nitrogens with one attached hydrogen (secondary N) is 2. The number of aryl methyl sites for hydroxylation is 1. The maximum atomic E-state index is 15.5. The standard InChI is InChI=1S/C32H30F2N6O3/c1-18-14-15-40-32(43-18)25(28(38-40)21-13-12-19(16-24(21)34)17-39(2)3)30(41)37-29-31(42)36-27-22(10-7-11-23(27)33)26(35-29)20-8-5-4-6-9-20/h4-13,16,18,29H,14-15,17H2,1-3H3,(H,36,42)(H,37,41)/t18-,29-/m1/s1. The minimum atomic E-state index is -1.44. The summed E-state index contributed by atoms with van der Waals surface area (Å²) in [5.41, 5.74) is 2.25. The third kappa shape index (κ3) is 5.51. The van der Waals surface area contributed by atoms with E-state index in [0.717, 1.165) is 5.56 Å². The van der Waals surface area contributed by atoms with Crippen LogP contribution in [0.5, 0.6) is 5.88 Å². The number of hydrogen-bond donors (Lipinski definition) is 2. The third-order valence-electron chi connectivity index (χ3n) is 7.32. The SMILES string of the molecule is C[C@@H]1CCn2nc(-c3ccc(CN(C)C)cc3F)c(C(=O)N[C@H]3N=C(c4ccccc4)c4cccc(F)c4NC3=O)c2O1. The first-order chi connectivity index (χ1) is 20.7. The van der Waals surface area contributed by atoms with Crippen LogP contribution in [0.15, 0.2) is 71.7 Å². The molecule has 3 heterocycles. The maximum Gasteiger partial charge on any atom is 0.269 e.